The number of hydrogen-bond acceptors (Lipinski definition) is 3. The molecule has 0 fully saturated rings. The fourth-order valence-electron chi connectivity index (χ4n) is 0.844. The Hall–Kier alpha value is -1.58. The lowest BCUT2D eigenvalue weighted by Crippen LogP contribution is -1.95. The Bertz CT molecular complexity index is 275. The summed E-state index contributed by atoms with van der Waals surface area (Å²) < 4.78 is 0. The summed E-state index contributed by atoms with van der Waals surface area (Å²) in [6.07, 6.45) is 0. The van der Waals surface area contributed by atoms with Crippen molar-refractivity contribution in [3.63, 3.8) is 0 Å². The predicted molar refractivity (Wildman–Crippen MR) is 65.3 cm³/mol. The summed E-state index contributed by atoms with van der Waals surface area (Å²) in [5, 5.41) is 13.1. The van der Waals surface area contributed by atoms with E-state index in [2.05, 4.69) is 5.32 Å². The zero-order valence-corrected chi connectivity index (χ0v) is 10.1. The smallest absolute Gasteiger partial charge is 0.292 e. The van der Waals surface area contributed by atoms with Crippen molar-refractivity contribution in [2.75, 3.05) is 12.4 Å². The normalized spacial score (nSPS) is 7.53. The second-order valence-corrected chi connectivity index (χ2v) is 2.02. The first-order chi connectivity index (χ1) is 7.25. The lowest BCUT2D eigenvalue weighted by atomic mass is 10.3. The molecule has 0 bridgehead atoms. The average Bonchev–Trinajstić information content (AvgIpc) is 2.34. The van der Waals surface area contributed by atoms with Crippen LogP contribution >= 0.6 is 0 Å². The SMILES string of the molecule is CC.CC.CNc1ccccc1[N+](=O)[O-]. The van der Waals surface area contributed by atoms with Crippen LogP contribution in [0.5, 0.6) is 0 Å². The summed E-state index contributed by atoms with van der Waals surface area (Å²) in [6.45, 7) is 8.00. The van der Waals surface area contributed by atoms with Crippen LogP contribution in [0.4, 0.5) is 11.4 Å². The molecular formula is C11H20N2O2. The summed E-state index contributed by atoms with van der Waals surface area (Å²) in [6, 6.07) is 6.52. The van der Waals surface area contributed by atoms with E-state index in [1.807, 2.05) is 27.7 Å². The molecule has 86 valence electrons. The third-order valence-corrected chi connectivity index (χ3v) is 1.37. The molecule has 4 nitrogen and oxygen atoms in total. The van der Waals surface area contributed by atoms with E-state index in [9.17, 15) is 10.1 Å². The number of benzene rings is 1. The van der Waals surface area contributed by atoms with Gasteiger partial charge in [0.05, 0.1) is 4.92 Å². The fourth-order valence-corrected chi connectivity index (χ4v) is 0.844. The van der Waals surface area contributed by atoms with Crippen molar-refractivity contribution < 1.29 is 4.92 Å². The molecule has 0 atom stereocenters. The quantitative estimate of drug-likeness (QED) is 0.600. The summed E-state index contributed by atoms with van der Waals surface area (Å²) in [4.78, 5) is 9.94. The minimum absolute atomic E-state index is 0.106. The Labute approximate surface area is 91.5 Å². The van der Waals surface area contributed by atoms with E-state index in [4.69, 9.17) is 0 Å². The van der Waals surface area contributed by atoms with E-state index in [-0.39, 0.29) is 5.69 Å². The average molecular weight is 212 g/mol. The Balaban J connectivity index is 0. The molecule has 15 heavy (non-hydrogen) atoms. The zero-order chi connectivity index (χ0) is 12.3. The highest BCUT2D eigenvalue weighted by Crippen LogP contribution is 2.21. The van der Waals surface area contributed by atoms with Gasteiger partial charge >= 0.3 is 0 Å². The van der Waals surface area contributed by atoms with Gasteiger partial charge in [0.2, 0.25) is 0 Å². The van der Waals surface area contributed by atoms with Gasteiger partial charge in [-0.3, -0.25) is 10.1 Å². The van der Waals surface area contributed by atoms with E-state index in [0.29, 0.717) is 5.69 Å². The number of anilines is 1. The van der Waals surface area contributed by atoms with Gasteiger partial charge in [-0.05, 0) is 6.07 Å². The van der Waals surface area contributed by atoms with E-state index in [1.54, 1.807) is 25.2 Å². The zero-order valence-electron chi connectivity index (χ0n) is 10.1. The van der Waals surface area contributed by atoms with Crippen LogP contribution in [-0.4, -0.2) is 12.0 Å². The first-order valence-corrected chi connectivity index (χ1v) is 5.17. The maximum atomic E-state index is 10.3. The number of nitrogens with one attached hydrogen (secondary N) is 1. The second kappa shape index (κ2) is 10.5. The van der Waals surface area contributed by atoms with Crippen molar-refractivity contribution in [1.82, 2.24) is 0 Å². The third-order valence-electron chi connectivity index (χ3n) is 1.37. The predicted octanol–water partition coefficient (Wildman–Crippen LogP) is 3.69. The van der Waals surface area contributed by atoms with Crippen molar-refractivity contribution in [1.29, 1.82) is 0 Å². The number of rotatable bonds is 2. The molecule has 0 aliphatic carbocycles. The van der Waals surface area contributed by atoms with E-state index in [0.717, 1.165) is 0 Å². The van der Waals surface area contributed by atoms with Crippen LogP contribution in [0.3, 0.4) is 0 Å². The Morgan fingerprint density at radius 3 is 1.93 bits per heavy atom. The fraction of sp³-hybridized carbons (Fsp3) is 0.455. The molecule has 0 aromatic heterocycles. The van der Waals surface area contributed by atoms with Crippen LogP contribution in [0.2, 0.25) is 0 Å². The van der Waals surface area contributed by atoms with Gasteiger partial charge in [0, 0.05) is 13.1 Å². The molecule has 0 saturated heterocycles. The molecule has 1 rings (SSSR count). The van der Waals surface area contributed by atoms with E-state index in [1.165, 1.54) is 6.07 Å². The summed E-state index contributed by atoms with van der Waals surface area (Å²) >= 11 is 0. The Kier molecular flexibility index (Phi) is 11.1. The van der Waals surface area contributed by atoms with Crippen molar-refractivity contribution in [3.8, 4) is 0 Å². The largest absolute Gasteiger partial charge is 0.383 e. The Morgan fingerprint density at radius 1 is 1.13 bits per heavy atom. The van der Waals surface area contributed by atoms with Crippen LogP contribution in [0.25, 0.3) is 0 Å². The molecule has 1 N–H and O–H groups in total. The van der Waals surface area contributed by atoms with Gasteiger partial charge in [0.25, 0.3) is 5.69 Å². The highest BCUT2D eigenvalue weighted by atomic mass is 16.6. The van der Waals surface area contributed by atoms with Crippen LogP contribution in [0, 0.1) is 10.1 Å². The number of hydrogen-bond donors (Lipinski definition) is 1. The molecule has 0 amide bonds. The maximum absolute atomic E-state index is 10.3. The number of nitrogens with zero attached hydrogens (tertiary/aromatic N) is 1. The lowest BCUT2D eigenvalue weighted by Gasteiger charge is -1.98. The molecule has 1 aromatic carbocycles. The maximum Gasteiger partial charge on any atom is 0.292 e. The summed E-state index contributed by atoms with van der Waals surface area (Å²) in [5.74, 6) is 0. The molecule has 1 aromatic rings. The lowest BCUT2D eigenvalue weighted by molar-refractivity contribution is -0.383. The molecule has 0 saturated carbocycles. The molecule has 4 heteroatoms. The van der Waals surface area contributed by atoms with Gasteiger partial charge in [-0.15, -0.1) is 0 Å². The number of nitro groups is 1. The molecular weight excluding hydrogens is 192 g/mol. The monoisotopic (exact) mass is 212 g/mol. The van der Waals surface area contributed by atoms with Crippen molar-refractivity contribution in [2.24, 2.45) is 0 Å². The number of nitro benzene ring substituents is 1. The van der Waals surface area contributed by atoms with Crippen LogP contribution in [0.1, 0.15) is 27.7 Å². The first-order valence-electron chi connectivity index (χ1n) is 5.17. The summed E-state index contributed by atoms with van der Waals surface area (Å²) in [5.41, 5.74) is 0.646. The van der Waals surface area contributed by atoms with Crippen molar-refractivity contribution >= 4 is 11.4 Å². The van der Waals surface area contributed by atoms with E-state index < -0.39 is 4.92 Å². The van der Waals surface area contributed by atoms with Crippen molar-refractivity contribution in [2.45, 2.75) is 27.7 Å². The topological polar surface area (TPSA) is 55.2 Å². The van der Waals surface area contributed by atoms with Crippen LogP contribution in [-0.2, 0) is 0 Å². The second-order valence-electron chi connectivity index (χ2n) is 2.02. The Morgan fingerprint density at radius 2 is 1.60 bits per heavy atom. The minimum atomic E-state index is -0.411. The molecule has 0 aliphatic heterocycles. The first kappa shape index (κ1) is 15.9. The highest BCUT2D eigenvalue weighted by molar-refractivity contribution is 5.60. The van der Waals surface area contributed by atoms with Crippen LogP contribution < -0.4 is 5.32 Å². The van der Waals surface area contributed by atoms with Gasteiger partial charge in [0.15, 0.2) is 0 Å². The molecule has 0 aliphatic rings. The van der Waals surface area contributed by atoms with Crippen molar-refractivity contribution in [3.05, 3.63) is 34.4 Å². The highest BCUT2D eigenvalue weighted by Gasteiger charge is 2.09. The third kappa shape index (κ3) is 5.67. The summed E-state index contributed by atoms with van der Waals surface area (Å²) in [7, 11) is 1.66. The van der Waals surface area contributed by atoms with Gasteiger partial charge < -0.3 is 5.32 Å². The minimum Gasteiger partial charge on any atom is -0.383 e. The molecule has 0 radical (unpaired) electrons. The van der Waals surface area contributed by atoms with Crippen LogP contribution in [0.15, 0.2) is 24.3 Å². The van der Waals surface area contributed by atoms with Gasteiger partial charge in [-0.25, -0.2) is 0 Å². The number of para-hydroxylation sites is 2. The van der Waals surface area contributed by atoms with Gasteiger partial charge in [0.1, 0.15) is 5.69 Å². The molecule has 0 spiro atoms. The molecule has 0 heterocycles. The molecule has 0 unspecified atom stereocenters. The van der Waals surface area contributed by atoms with Gasteiger partial charge in [-0.1, -0.05) is 39.8 Å². The van der Waals surface area contributed by atoms with Gasteiger partial charge in [-0.2, -0.15) is 0 Å². The van der Waals surface area contributed by atoms with E-state index >= 15 is 0 Å². The standard InChI is InChI=1S/C7H8N2O2.2C2H6/c1-8-6-4-2-3-5-7(6)9(10)11;2*1-2/h2-5,8H,1H3;2*1-2H3.